The lowest BCUT2D eigenvalue weighted by atomic mass is 10.0. The lowest BCUT2D eigenvalue weighted by Gasteiger charge is -2.25. The van der Waals surface area contributed by atoms with E-state index in [1.165, 1.54) is 36.6 Å². The normalized spacial score (nSPS) is 13.9. The van der Waals surface area contributed by atoms with Crippen molar-refractivity contribution < 1.29 is 27.6 Å². The summed E-state index contributed by atoms with van der Waals surface area (Å²) in [5.41, 5.74) is 1.17. The van der Waals surface area contributed by atoms with Gasteiger partial charge in [0.15, 0.2) is 0 Å². The van der Waals surface area contributed by atoms with Gasteiger partial charge in [0.05, 0.1) is 28.4 Å². The van der Waals surface area contributed by atoms with E-state index in [0.29, 0.717) is 17.3 Å². The van der Waals surface area contributed by atoms with Crippen LogP contribution in [0.5, 0.6) is 0 Å². The Morgan fingerprint density at radius 1 is 0.860 bits per heavy atom. The summed E-state index contributed by atoms with van der Waals surface area (Å²) in [7, 11) is -2.39. The van der Waals surface area contributed by atoms with Gasteiger partial charge in [-0.1, -0.05) is 55.8 Å². The van der Waals surface area contributed by atoms with Gasteiger partial charge in [-0.25, -0.2) is 8.42 Å². The first-order valence-corrected chi connectivity index (χ1v) is 19.4. The Labute approximate surface area is 303 Å². The van der Waals surface area contributed by atoms with Crippen LogP contribution in [-0.2, 0) is 26.0 Å². The van der Waals surface area contributed by atoms with E-state index in [2.05, 4.69) is 26.6 Å². The first-order valence-electron chi connectivity index (χ1n) is 16.3. The average Bonchev–Trinajstić information content (AvgIpc) is 3.48. The minimum atomic E-state index is -3.73. The fraction of sp³-hybridized carbons (Fsp3) is 0.429. The third kappa shape index (κ3) is 11.8. The molecule has 4 amide bonds. The molecule has 1 aromatic heterocycles. The maximum atomic E-state index is 13.8. The molecule has 0 aliphatic carbocycles. The number of sulfonamides is 1. The molecule has 2 aromatic carbocycles. The highest BCUT2D eigenvalue weighted by Gasteiger charge is 2.27. The Hall–Kier alpha value is -3.98. The Morgan fingerprint density at radius 2 is 1.48 bits per heavy atom. The van der Waals surface area contributed by atoms with E-state index in [9.17, 15) is 27.6 Å². The minimum absolute atomic E-state index is 0.0669. The highest BCUT2D eigenvalue weighted by Crippen LogP contribution is 2.24. The molecule has 0 fully saturated rings. The van der Waals surface area contributed by atoms with Gasteiger partial charge in [-0.2, -0.15) is 0 Å². The fourth-order valence-corrected chi connectivity index (χ4v) is 6.66. The van der Waals surface area contributed by atoms with E-state index in [-0.39, 0.29) is 47.1 Å². The molecule has 50 heavy (non-hydrogen) atoms. The molecule has 5 N–H and O–H groups in total. The first kappa shape index (κ1) is 40.4. The van der Waals surface area contributed by atoms with Gasteiger partial charge in [0.1, 0.15) is 6.04 Å². The number of hydrogen-bond acceptors (Lipinski definition) is 8. The molecule has 15 heteroatoms. The molecule has 4 atom stereocenters. The van der Waals surface area contributed by atoms with Crippen LogP contribution in [0.4, 0.5) is 5.69 Å². The lowest BCUT2D eigenvalue weighted by molar-refractivity contribution is -0.130. The third-order valence-corrected chi connectivity index (χ3v) is 10.5. The molecule has 3 aromatic rings. The van der Waals surface area contributed by atoms with Crippen molar-refractivity contribution in [2.75, 3.05) is 30.7 Å². The molecule has 0 saturated carbocycles. The average molecular weight is 747 g/mol. The lowest BCUT2D eigenvalue weighted by Crippen LogP contribution is -2.55. The summed E-state index contributed by atoms with van der Waals surface area (Å²) in [5, 5.41) is 14.6. The number of rotatable bonds is 17. The molecule has 0 bridgehead atoms. The number of thiophene rings is 1. The van der Waals surface area contributed by atoms with Crippen LogP contribution in [0, 0.1) is 5.92 Å². The first-order chi connectivity index (χ1) is 23.5. The summed E-state index contributed by atoms with van der Waals surface area (Å²) >= 11 is 7.54. The number of carbonyl (C=O) groups is 4. The monoisotopic (exact) mass is 746 g/mol. The van der Waals surface area contributed by atoms with Gasteiger partial charge in [-0.3, -0.25) is 23.5 Å². The van der Waals surface area contributed by atoms with Crippen LogP contribution in [0.3, 0.4) is 0 Å². The Balaban J connectivity index is 1.86. The summed E-state index contributed by atoms with van der Waals surface area (Å²) < 4.78 is 26.5. The van der Waals surface area contributed by atoms with E-state index < -0.39 is 40.0 Å². The second-order valence-corrected chi connectivity index (χ2v) is 16.3. The Bertz CT molecular complexity index is 1750. The van der Waals surface area contributed by atoms with Crippen molar-refractivity contribution in [1.82, 2.24) is 26.6 Å². The van der Waals surface area contributed by atoms with Crippen LogP contribution < -0.4 is 30.9 Å². The maximum Gasteiger partial charge on any atom is 0.251 e. The largest absolute Gasteiger partial charge is 0.355 e. The van der Waals surface area contributed by atoms with Gasteiger partial charge in [-0.15, -0.1) is 11.3 Å². The topological polar surface area (TPSA) is 166 Å². The van der Waals surface area contributed by atoms with Crippen molar-refractivity contribution in [2.24, 2.45) is 5.92 Å². The number of hydrogen-bond donors (Lipinski definition) is 5. The number of likely N-dealkylation sites (N-methyl/N-ethyl adjacent to an activating group) is 1. The highest BCUT2D eigenvalue weighted by atomic mass is 35.5. The predicted octanol–water partition coefficient (Wildman–Crippen LogP) is 3.88. The molecule has 0 radical (unpaired) electrons. The zero-order valence-electron chi connectivity index (χ0n) is 29.4. The zero-order chi connectivity index (χ0) is 37.2. The van der Waals surface area contributed by atoms with Gasteiger partial charge >= 0.3 is 0 Å². The molecule has 0 aliphatic rings. The quantitative estimate of drug-likeness (QED) is 0.140. The summed E-state index contributed by atoms with van der Waals surface area (Å²) in [5.74, 6) is -1.83. The number of anilines is 1. The standard InChI is InChI=1S/C35H47ClN6O6S2/c1-8-37-35(46)31(21(2)3)41-32(43)23(5)38-20-27(19-29-14-15-30(36)49-29)40-34(45)26-16-25(17-28(18-26)42(6)50(7,47)48)33(44)39-22(4)24-12-10-9-11-13-24/h9-18,21-23,27,31,38H,8,19-20H2,1-7H3,(H,37,46)(H,39,44)(H,40,45)(H,41,43)/t22-,23+,27?,31+/m1/s1. The second kappa shape index (κ2) is 18.3. The van der Waals surface area contributed by atoms with Gasteiger partial charge in [0.2, 0.25) is 21.8 Å². The molecule has 12 nitrogen and oxygen atoms in total. The molecular weight excluding hydrogens is 700 g/mol. The Kier molecular flexibility index (Phi) is 14.8. The molecular formula is C35H47ClN6O6S2. The minimum Gasteiger partial charge on any atom is -0.355 e. The van der Waals surface area contributed by atoms with E-state index >= 15 is 0 Å². The van der Waals surface area contributed by atoms with Crippen molar-refractivity contribution in [3.05, 3.63) is 86.6 Å². The summed E-state index contributed by atoms with van der Waals surface area (Å²) in [6.07, 6.45) is 1.39. The molecule has 1 unspecified atom stereocenters. The highest BCUT2D eigenvalue weighted by molar-refractivity contribution is 7.92. The third-order valence-electron chi connectivity index (χ3n) is 8.02. The van der Waals surface area contributed by atoms with Crippen molar-refractivity contribution >= 4 is 62.3 Å². The number of halogens is 1. The molecule has 1 heterocycles. The summed E-state index contributed by atoms with van der Waals surface area (Å²) in [4.78, 5) is 53.8. The van der Waals surface area contributed by atoms with Crippen molar-refractivity contribution in [3.63, 3.8) is 0 Å². The summed E-state index contributed by atoms with van der Waals surface area (Å²) in [6.45, 7) is 9.58. The van der Waals surface area contributed by atoms with Crippen LogP contribution >= 0.6 is 22.9 Å². The number of nitrogens with zero attached hydrogens (tertiary/aromatic N) is 1. The number of nitrogens with one attached hydrogen (secondary N) is 5. The van der Waals surface area contributed by atoms with Crippen LogP contribution in [0.2, 0.25) is 4.34 Å². The Morgan fingerprint density at radius 3 is 2.02 bits per heavy atom. The molecule has 0 saturated heterocycles. The van der Waals surface area contributed by atoms with Crippen LogP contribution in [0.15, 0.2) is 60.7 Å². The fourth-order valence-electron chi connectivity index (χ4n) is 5.01. The SMILES string of the molecule is CCNC(=O)[C@@H](NC(=O)[C@H](C)NCC(Cc1ccc(Cl)s1)NC(=O)c1cc(C(=O)N[C@H](C)c2ccccc2)cc(N(C)S(C)(=O)=O)c1)C(C)C. The van der Waals surface area contributed by atoms with Crippen LogP contribution in [0.1, 0.15) is 71.8 Å². The molecule has 0 spiro atoms. The predicted molar refractivity (Wildman–Crippen MR) is 199 cm³/mol. The van der Waals surface area contributed by atoms with Gasteiger partial charge < -0.3 is 26.6 Å². The van der Waals surface area contributed by atoms with Gasteiger partial charge in [0.25, 0.3) is 11.8 Å². The van der Waals surface area contributed by atoms with E-state index in [1.807, 2.05) is 57.2 Å². The van der Waals surface area contributed by atoms with Crippen molar-refractivity contribution in [2.45, 2.75) is 65.2 Å². The molecule has 0 aliphatic heterocycles. The number of benzene rings is 2. The van der Waals surface area contributed by atoms with Crippen molar-refractivity contribution in [1.29, 1.82) is 0 Å². The number of carbonyl (C=O) groups excluding carboxylic acids is 4. The van der Waals surface area contributed by atoms with Crippen LogP contribution in [-0.4, -0.2) is 76.6 Å². The van der Waals surface area contributed by atoms with Gasteiger partial charge in [0, 0.05) is 48.6 Å². The van der Waals surface area contributed by atoms with Crippen LogP contribution in [0.25, 0.3) is 0 Å². The van der Waals surface area contributed by atoms with Gasteiger partial charge in [-0.05, 0) is 62.6 Å². The second-order valence-electron chi connectivity index (χ2n) is 12.4. The number of amides is 4. The maximum absolute atomic E-state index is 13.8. The van der Waals surface area contributed by atoms with E-state index in [0.717, 1.165) is 21.0 Å². The molecule has 3 rings (SSSR count). The smallest absolute Gasteiger partial charge is 0.251 e. The zero-order valence-corrected chi connectivity index (χ0v) is 31.8. The van der Waals surface area contributed by atoms with E-state index in [4.69, 9.17) is 11.6 Å². The summed E-state index contributed by atoms with van der Waals surface area (Å²) in [6, 6.07) is 14.8. The van der Waals surface area contributed by atoms with E-state index in [1.54, 1.807) is 19.9 Å². The van der Waals surface area contributed by atoms with Crippen molar-refractivity contribution in [3.8, 4) is 0 Å². The molecule has 272 valence electrons.